The van der Waals surface area contributed by atoms with E-state index in [1.165, 1.54) is 0 Å². The van der Waals surface area contributed by atoms with Crippen molar-refractivity contribution >= 4 is 39.1 Å². The van der Waals surface area contributed by atoms with Crippen molar-refractivity contribution in [2.45, 2.75) is 13.5 Å². The molecule has 0 aliphatic carbocycles. The number of fused-ring (bicyclic) bond motifs is 1. The molecule has 0 spiro atoms. The molecule has 2 aromatic rings. The molecule has 22 heavy (non-hydrogen) atoms. The second kappa shape index (κ2) is 6.57. The third-order valence-corrected chi connectivity index (χ3v) is 4.25. The largest absolute Gasteiger partial charge is 0.487 e. The molecule has 0 fully saturated rings. The lowest BCUT2D eigenvalue weighted by atomic mass is 10.2. The number of hydrogen-bond acceptors (Lipinski definition) is 3. The van der Waals surface area contributed by atoms with Gasteiger partial charge in [-0.15, -0.1) is 0 Å². The second-order valence-corrected chi connectivity index (χ2v) is 6.65. The number of hydrogen-bond donors (Lipinski definition) is 0. The first-order valence-corrected chi connectivity index (χ1v) is 8.26. The quantitative estimate of drug-likeness (QED) is 0.685. The van der Waals surface area contributed by atoms with E-state index in [1.54, 1.807) is 6.07 Å². The minimum Gasteiger partial charge on any atom is -0.487 e. The number of aryl methyl sites for hydroxylation is 1. The molecule has 2 aromatic carbocycles. The zero-order valence-corrected chi connectivity index (χ0v) is 14.9. The zero-order valence-electron chi connectivity index (χ0n) is 11.8. The summed E-state index contributed by atoms with van der Waals surface area (Å²) in [5.74, 6) is 1.90. The third-order valence-electron chi connectivity index (χ3n) is 3.23. The van der Waals surface area contributed by atoms with Gasteiger partial charge >= 0.3 is 0 Å². The smallest absolute Gasteiger partial charge is 0.179 e. The van der Waals surface area contributed by atoms with E-state index in [2.05, 4.69) is 15.9 Å². The van der Waals surface area contributed by atoms with Crippen molar-refractivity contribution in [2.24, 2.45) is 0 Å². The Balaban J connectivity index is 1.81. The molecule has 0 saturated carbocycles. The van der Waals surface area contributed by atoms with Gasteiger partial charge in [-0.2, -0.15) is 0 Å². The molecule has 0 bridgehead atoms. The molecule has 0 N–H and O–H groups in total. The fourth-order valence-electron chi connectivity index (χ4n) is 2.27. The van der Waals surface area contributed by atoms with Gasteiger partial charge in [0, 0.05) is 4.47 Å². The molecule has 0 saturated heterocycles. The molecule has 1 aliphatic heterocycles. The van der Waals surface area contributed by atoms with Crippen LogP contribution >= 0.6 is 39.1 Å². The van der Waals surface area contributed by atoms with Crippen molar-refractivity contribution in [3.05, 3.63) is 49.9 Å². The van der Waals surface area contributed by atoms with Crippen LogP contribution in [-0.2, 0) is 6.61 Å². The van der Waals surface area contributed by atoms with E-state index in [0.29, 0.717) is 47.1 Å². The van der Waals surface area contributed by atoms with Gasteiger partial charge in [0.2, 0.25) is 0 Å². The average molecular weight is 404 g/mol. The van der Waals surface area contributed by atoms with E-state index >= 15 is 0 Å². The van der Waals surface area contributed by atoms with Crippen molar-refractivity contribution in [3.63, 3.8) is 0 Å². The van der Waals surface area contributed by atoms with Gasteiger partial charge in [-0.05, 0) is 42.3 Å². The molecule has 6 heteroatoms. The molecule has 3 nitrogen and oxygen atoms in total. The molecule has 1 aliphatic rings. The van der Waals surface area contributed by atoms with Gasteiger partial charge in [0.25, 0.3) is 0 Å². The lowest BCUT2D eigenvalue weighted by molar-refractivity contribution is 0.171. The summed E-state index contributed by atoms with van der Waals surface area (Å²) in [7, 11) is 0. The molecule has 116 valence electrons. The SMILES string of the molecule is Cc1cc(Br)cc(Cl)c1OCc1cc(Cl)c2c(c1)OCCO2. The number of ether oxygens (including phenoxy) is 3. The molecule has 3 rings (SSSR count). The van der Waals surface area contributed by atoms with Gasteiger partial charge < -0.3 is 14.2 Å². The van der Waals surface area contributed by atoms with Crippen molar-refractivity contribution in [1.82, 2.24) is 0 Å². The van der Waals surface area contributed by atoms with Gasteiger partial charge in [-0.1, -0.05) is 39.1 Å². The fraction of sp³-hybridized carbons (Fsp3) is 0.250. The summed E-state index contributed by atoms with van der Waals surface area (Å²) in [4.78, 5) is 0. The maximum atomic E-state index is 6.22. The summed E-state index contributed by atoms with van der Waals surface area (Å²) in [6.45, 7) is 3.32. The van der Waals surface area contributed by atoms with Crippen molar-refractivity contribution < 1.29 is 14.2 Å². The van der Waals surface area contributed by atoms with Gasteiger partial charge in [0.05, 0.1) is 10.0 Å². The summed E-state index contributed by atoms with van der Waals surface area (Å²) >= 11 is 15.8. The monoisotopic (exact) mass is 402 g/mol. The van der Waals surface area contributed by atoms with Crippen molar-refractivity contribution in [3.8, 4) is 17.2 Å². The van der Waals surface area contributed by atoms with Crippen molar-refractivity contribution in [1.29, 1.82) is 0 Å². The Kier molecular flexibility index (Phi) is 4.71. The first kappa shape index (κ1) is 15.8. The Morgan fingerprint density at radius 1 is 1.09 bits per heavy atom. The Morgan fingerprint density at radius 3 is 2.64 bits per heavy atom. The summed E-state index contributed by atoms with van der Waals surface area (Å²) < 4.78 is 17.8. The van der Waals surface area contributed by atoms with Gasteiger partial charge in [-0.25, -0.2) is 0 Å². The first-order valence-electron chi connectivity index (χ1n) is 6.71. The fourth-order valence-corrected chi connectivity index (χ4v) is 3.59. The van der Waals surface area contributed by atoms with E-state index in [9.17, 15) is 0 Å². The maximum Gasteiger partial charge on any atom is 0.179 e. The van der Waals surface area contributed by atoms with Crippen LogP contribution in [0.3, 0.4) is 0 Å². The molecule has 0 amide bonds. The number of benzene rings is 2. The topological polar surface area (TPSA) is 27.7 Å². The van der Waals surface area contributed by atoms with E-state index in [4.69, 9.17) is 37.4 Å². The van der Waals surface area contributed by atoms with Gasteiger partial charge in [-0.3, -0.25) is 0 Å². The molecular weight excluding hydrogens is 391 g/mol. The Bertz CT molecular complexity index is 696. The molecule has 0 atom stereocenters. The molecular formula is C16H13BrCl2O3. The van der Waals surface area contributed by atoms with Crippen LogP contribution in [0.4, 0.5) is 0 Å². The van der Waals surface area contributed by atoms with E-state index in [0.717, 1.165) is 15.6 Å². The number of halogens is 3. The van der Waals surface area contributed by atoms with Crippen LogP contribution in [-0.4, -0.2) is 13.2 Å². The van der Waals surface area contributed by atoms with E-state index in [-0.39, 0.29) is 0 Å². The average Bonchev–Trinajstić information content (AvgIpc) is 2.46. The Hall–Kier alpha value is -1.10. The highest BCUT2D eigenvalue weighted by Gasteiger charge is 2.17. The molecule has 1 heterocycles. The molecule has 0 unspecified atom stereocenters. The molecule has 0 radical (unpaired) electrons. The highest BCUT2D eigenvalue weighted by Crippen LogP contribution is 2.39. The maximum absolute atomic E-state index is 6.22. The lowest BCUT2D eigenvalue weighted by Crippen LogP contribution is -2.16. The van der Waals surface area contributed by atoms with Crippen LogP contribution in [0.5, 0.6) is 17.2 Å². The first-order chi connectivity index (χ1) is 10.5. The normalized spacial score (nSPS) is 13.1. The van der Waals surface area contributed by atoms with Crippen LogP contribution < -0.4 is 14.2 Å². The van der Waals surface area contributed by atoms with Crippen LogP contribution in [0.15, 0.2) is 28.7 Å². The number of rotatable bonds is 3. The van der Waals surface area contributed by atoms with Crippen LogP contribution in [0.1, 0.15) is 11.1 Å². The van der Waals surface area contributed by atoms with Gasteiger partial charge in [0.15, 0.2) is 11.5 Å². The van der Waals surface area contributed by atoms with Crippen molar-refractivity contribution in [2.75, 3.05) is 13.2 Å². The minimum absolute atomic E-state index is 0.346. The third kappa shape index (κ3) is 3.29. The summed E-state index contributed by atoms with van der Waals surface area (Å²) in [6, 6.07) is 7.46. The predicted octanol–water partition coefficient (Wildman–Crippen LogP) is 5.41. The van der Waals surface area contributed by atoms with Crippen LogP contribution in [0.25, 0.3) is 0 Å². The Labute approximate surface area is 147 Å². The highest BCUT2D eigenvalue weighted by molar-refractivity contribution is 9.10. The lowest BCUT2D eigenvalue weighted by Gasteiger charge is -2.20. The predicted molar refractivity (Wildman–Crippen MR) is 90.7 cm³/mol. The minimum atomic E-state index is 0.346. The van der Waals surface area contributed by atoms with Crippen LogP contribution in [0.2, 0.25) is 10.0 Å². The van der Waals surface area contributed by atoms with E-state index < -0.39 is 0 Å². The zero-order chi connectivity index (χ0) is 15.7. The highest BCUT2D eigenvalue weighted by atomic mass is 79.9. The van der Waals surface area contributed by atoms with Crippen LogP contribution in [0, 0.1) is 6.92 Å². The standard InChI is InChI=1S/C16H13BrCl2O3/c1-9-4-11(17)7-13(19)15(9)22-8-10-5-12(18)16-14(6-10)20-2-3-21-16/h4-7H,2-3,8H2,1H3. The molecule has 0 aromatic heterocycles. The second-order valence-electron chi connectivity index (χ2n) is 4.92. The Morgan fingerprint density at radius 2 is 1.86 bits per heavy atom. The summed E-state index contributed by atoms with van der Waals surface area (Å²) in [6.07, 6.45) is 0. The summed E-state index contributed by atoms with van der Waals surface area (Å²) in [5.41, 5.74) is 1.86. The van der Waals surface area contributed by atoms with Gasteiger partial charge in [0.1, 0.15) is 25.6 Å². The van der Waals surface area contributed by atoms with E-state index in [1.807, 2.05) is 25.1 Å². The summed E-state index contributed by atoms with van der Waals surface area (Å²) in [5, 5.41) is 1.09.